The number of para-hydroxylation sites is 1. The smallest absolute Gasteiger partial charge is 0.0714 e. The third-order valence-corrected chi connectivity index (χ3v) is 15.8. The summed E-state index contributed by atoms with van der Waals surface area (Å²) in [7, 11) is 0. The average molecular weight is 916 g/mol. The molecule has 0 amide bonds. The molecule has 2 aliphatic rings. The Morgan fingerprint density at radius 3 is 1.35 bits per heavy atom. The van der Waals surface area contributed by atoms with Crippen LogP contribution in [0.15, 0.2) is 224 Å². The summed E-state index contributed by atoms with van der Waals surface area (Å²) in [6, 6.07) is 85.0. The maximum Gasteiger partial charge on any atom is 0.0714 e. The molecule has 0 radical (unpaired) electrons. The van der Waals surface area contributed by atoms with E-state index in [1.165, 1.54) is 105 Å². The van der Waals surface area contributed by atoms with Gasteiger partial charge in [-0.05, 0) is 112 Å². The normalized spacial score (nSPS) is 14.1. The van der Waals surface area contributed by atoms with E-state index >= 15 is 0 Å². The summed E-state index contributed by atoms with van der Waals surface area (Å²) in [6.45, 7) is 18.8. The summed E-state index contributed by atoms with van der Waals surface area (Å²) in [4.78, 5) is 2.63. The minimum atomic E-state index is -0.555. The van der Waals surface area contributed by atoms with Gasteiger partial charge in [0, 0.05) is 22.1 Å². The highest BCUT2D eigenvalue weighted by Gasteiger charge is 2.48. The van der Waals surface area contributed by atoms with Crippen LogP contribution in [-0.4, -0.2) is 0 Å². The topological polar surface area (TPSA) is 3.24 Å². The lowest BCUT2D eigenvalue weighted by molar-refractivity contribution is 0.569. The van der Waals surface area contributed by atoms with Crippen LogP contribution >= 0.6 is 0 Å². The molecule has 346 valence electrons. The van der Waals surface area contributed by atoms with Crippen LogP contribution in [0.1, 0.15) is 99.9 Å². The Bertz CT molecular complexity index is 3610. The number of anilines is 3. The zero-order chi connectivity index (χ0) is 48.9. The highest BCUT2D eigenvalue weighted by molar-refractivity contribution is 6.10. The van der Waals surface area contributed by atoms with E-state index in [4.69, 9.17) is 0 Å². The fourth-order valence-corrected chi connectivity index (χ4v) is 12.3. The number of hydrogen-bond donors (Lipinski definition) is 0. The maximum absolute atomic E-state index is 2.63. The van der Waals surface area contributed by atoms with Crippen molar-refractivity contribution in [3.63, 3.8) is 0 Å². The lowest BCUT2D eigenvalue weighted by Gasteiger charge is -2.35. The van der Waals surface area contributed by atoms with E-state index < -0.39 is 5.41 Å². The zero-order valence-corrected chi connectivity index (χ0v) is 42.3. The minimum Gasteiger partial charge on any atom is -0.309 e. The fourth-order valence-electron chi connectivity index (χ4n) is 12.3. The Morgan fingerprint density at radius 1 is 0.338 bits per heavy atom. The lowest BCUT2D eigenvalue weighted by Crippen LogP contribution is -2.28. The molecule has 2 aliphatic carbocycles. The van der Waals surface area contributed by atoms with Gasteiger partial charge in [-0.2, -0.15) is 0 Å². The molecule has 71 heavy (non-hydrogen) atoms. The van der Waals surface area contributed by atoms with Crippen molar-refractivity contribution in [3.8, 4) is 44.5 Å². The van der Waals surface area contributed by atoms with E-state index in [1.807, 2.05) is 0 Å². The summed E-state index contributed by atoms with van der Waals surface area (Å²) < 4.78 is 0. The molecular formula is C70H61N. The summed E-state index contributed by atoms with van der Waals surface area (Å²) in [5.41, 5.74) is 23.1. The molecule has 0 saturated heterocycles. The molecule has 0 N–H and O–H groups in total. The van der Waals surface area contributed by atoms with Gasteiger partial charge >= 0.3 is 0 Å². The van der Waals surface area contributed by atoms with E-state index in [-0.39, 0.29) is 16.2 Å². The highest BCUT2D eigenvalue weighted by atomic mass is 15.2. The zero-order valence-electron chi connectivity index (χ0n) is 42.3. The second-order valence-corrected chi connectivity index (χ2v) is 22.5. The van der Waals surface area contributed by atoms with Crippen LogP contribution in [0.3, 0.4) is 0 Å². The molecule has 10 aromatic rings. The molecule has 0 saturated carbocycles. The van der Waals surface area contributed by atoms with Gasteiger partial charge in [0.2, 0.25) is 0 Å². The van der Waals surface area contributed by atoms with E-state index in [1.54, 1.807) is 0 Å². The predicted molar refractivity (Wildman–Crippen MR) is 302 cm³/mol. The molecule has 0 unspecified atom stereocenters. The SMILES string of the molecule is CC(C)(C)c1cc(-c2cccc3cccc(-c4ccccc4N(c4cccc5c4-c4ccccc4C5(C)C)c4cccc5c4-c4ccccc4C5(c4ccccc4)c4ccccc4)c23)cc(C(C)(C)C)c1. The van der Waals surface area contributed by atoms with Crippen molar-refractivity contribution in [3.05, 3.63) is 269 Å². The van der Waals surface area contributed by atoms with Crippen molar-refractivity contribution < 1.29 is 0 Å². The molecule has 0 spiro atoms. The number of rotatable bonds is 7. The molecule has 10 aromatic carbocycles. The number of benzene rings is 10. The molecule has 12 rings (SSSR count). The Kier molecular flexibility index (Phi) is 10.3. The standard InChI is InChI=1S/C70H61N/c1-67(2,3)50-43-47(44-51(45-50)68(4,5)6)52-34-21-25-46-26-22-35-54(64(46)52)53-31-17-20-40-61(53)71(62-41-23-38-59-65(62)55-32-15-18-36-57(55)69(59,7)8)63-42-24-39-60-66(63)56-33-16-19-37-58(56)70(60,48-27-11-9-12-28-48)49-29-13-10-14-30-49/h9-45H,1-8H3. The molecule has 1 heteroatoms. The van der Waals surface area contributed by atoms with Crippen molar-refractivity contribution in [2.45, 2.75) is 77.0 Å². The van der Waals surface area contributed by atoms with Crippen LogP contribution in [0.2, 0.25) is 0 Å². The molecule has 1 nitrogen and oxygen atoms in total. The van der Waals surface area contributed by atoms with Crippen molar-refractivity contribution in [2.75, 3.05) is 4.90 Å². The minimum absolute atomic E-state index is 0.0210. The second-order valence-electron chi connectivity index (χ2n) is 22.5. The Balaban J connectivity index is 1.19. The van der Waals surface area contributed by atoms with E-state index in [2.05, 4.69) is 285 Å². The maximum atomic E-state index is 2.63. The van der Waals surface area contributed by atoms with Gasteiger partial charge in [-0.25, -0.2) is 0 Å². The first-order chi connectivity index (χ1) is 34.3. The molecule has 0 aromatic heterocycles. The second kappa shape index (κ2) is 16.4. The summed E-state index contributed by atoms with van der Waals surface area (Å²) in [5, 5.41) is 2.48. The molecular weight excluding hydrogens is 855 g/mol. The van der Waals surface area contributed by atoms with Gasteiger partial charge in [0.1, 0.15) is 0 Å². The van der Waals surface area contributed by atoms with Gasteiger partial charge in [0.25, 0.3) is 0 Å². The molecule has 0 heterocycles. The predicted octanol–water partition coefficient (Wildman–Crippen LogP) is 18.9. The molecule has 0 fully saturated rings. The average Bonchev–Trinajstić information content (AvgIpc) is 3.82. The van der Waals surface area contributed by atoms with Crippen molar-refractivity contribution in [2.24, 2.45) is 0 Å². The number of fused-ring (bicyclic) bond motifs is 7. The summed E-state index contributed by atoms with van der Waals surface area (Å²) >= 11 is 0. The first kappa shape index (κ1) is 44.5. The van der Waals surface area contributed by atoms with Gasteiger partial charge in [0.05, 0.1) is 22.5 Å². The Morgan fingerprint density at radius 2 is 0.761 bits per heavy atom. The first-order valence-corrected chi connectivity index (χ1v) is 25.4. The third kappa shape index (κ3) is 6.88. The number of nitrogens with zero attached hydrogens (tertiary/aromatic N) is 1. The molecule has 0 aliphatic heterocycles. The van der Waals surface area contributed by atoms with Gasteiger partial charge in [0.15, 0.2) is 0 Å². The Labute approximate surface area is 421 Å². The van der Waals surface area contributed by atoms with Gasteiger partial charge in [-0.3, -0.25) is 0 Å². The summed E-state index contributed by atoms with van der Waals surface area (Å²) in [5.74, 6) is 0. The van der Waals surface area contributed by atoms with E-state index in [9.17, 15) is 0 Å². The Hall–Kier alpha value is -7.74. The summed E-state index contributed by atoms with van der Waals surface area (Å²) in [6.07, 6.45) is 0. The monoisotopic (exact) mass is 915 g/mol. The van der Waals surface area contributed by atoms with Crippen LogP contribution < -0.4 is 4.90 Å². The van der Waals surface area contributed by atoms with Gasteiger partial charge < -0.3 is 4.90 Å². The van der Waals surface area contributed by atoms with Crippen molar-refractivity contribution in [1.82, 2.24) is 0 Å². The molecule has 0 bridgehead atoms. The van der Waals surface area contributed by atoms with E-state index in [0.717, 1.165) is 11.4 Å². The first-order valence-electron chi connectivity index (χ1n) is 25.4. The fraction of sp³-hybridized carbons (Fsp3) is 0.171. The van der Waals surface area contributed by atoms with E-state index in [0.29, 0.717) is 0 Å². The van der Waals surface area contributed by atoms with Crippen molar-refractivity contribution >= 4 is 27.8 Å². The van der Waals surface area contributed by atoms with Crippen LogP contribution in [0.25, 0.3) is 55.3 Å². The van der Waals surface area contributed by atoms with Crippen LogP contribution in [0.5, 0.6) is 0 Å². The van der Waals surface area contributed by atoms with Crippen molar-refractivity contribution in [1.29, 1.82) is 0 Å². The van der Waals surface area contributed by atoms with Crippen LogP contribution in [0, 0.1) is 0 Å². The molecule has 0 atom stereocenters. The third-order valence-electron chi connectivity index (χ3n) is 15.8. The van der Waals surface area contributed by atoms with Gasteiger partial charge in [-0.15, -0.1) is 0 Å². The van der Waals surface area contributed by atoms with Gasteiger partial charge in [-0.1, -0.05) is 262 Å². The number of hydrogen-bond acceptors (Lipinski definition) is 1. The quantitative estimate of drug-likeness (QED) is 0.154. The van der Waals surface area contributed by atoms with Crippen LogP contribution in [0.4, 0.5) is 17.1 Å². The largest absolute Gasteiger partial charge is 0.309 e. The highest BCUT2D eigenvalue weighted by Crippen LogP contribution is 2.62. The lowest BCUT2D eigenvalue weighted by atomic mass is 9.68. The van der Waals surface area contributed by atoms with Crippen LogP contribution in [-0.2, 0) is 21.7 Å².